The van der Waals surface area contributed by atoms with Crippen molar-refractivity contribution in [2.24, 2.45) is 5.92 Å². The van der Waals surface area contributed by atoms with Gasteiger partial charge in [-0.05, 0) is 64.3 Å². The first kappa shape index (κ1) is 17.8. The summed E-state index contributed by atoms with van der Waals surface area (Å²) in [5.74, 6) is 1.78. The van der Waals surface area contributed by atoms with Crippen LogP contribution in [0.25, 0.3) is 0 Å². The van der Waals surface area contributed by atoms with Gasteiger partial charge in [0.2, 0.25) is 5.91 Å². The summed E-state index contributed by atoms with van der Waals surface area (Å²) in [5.41, 5.74) is 2.74. The number of amides is 1. The molecule has 1 aromatic carbocycles. The molecule has 0 aliphatic carbocycles. The van der Waals surface area contributed by atoms with E-state index in [0.717, 1.165) is 35.0 Å². The molecule has 5 heteroatoms. The zero-order valence-electron chi connectivity index (χ0n) is 16.6. The first-order chi connectivity index (χ1) is 12.3. The molecule has 0 saturated carbocycles. The molecule has 5 rings (SSSR count). The lowest BCUT2D eigenvalue weighted by Gasteiger charge is -2.50. The minimum atomic E-state index is -0.478. The molecule has 4 aliphatic rings. The number of benzene rings is 1. The van der Waals surface area contributed by atoms with E-state index in [0.29, 0.717) is 12.1 Å². The van der Waals surface area contributed by atoms with E-state index in [-0.39, 0.29) is 5.91 Å². The predicted molar refractivity (Wildman–Crippen MR) is 104 cm³/mol. The van der Waals surface area contributed by atoms with Gasteiger partial charge in [0, 0.05) is 37.3 Å². The van der Waals surface area contributed by atoms with Crippen LogP contribution in [0.1, 0.15) is 44.7 Å². The third-order valence-electron chi connectivity index (χ3n) is 6.98. The van der Waals surface area contributed by atoms with Crippen molar-refractivity contribution < 1.29 is 9.53 Å². The van der Waals surface area contributed by atoms with Crippen molar-refractivity contribution in [3.8, 4) is 5.75 Å². The monoisotopic (exact) mass is 357 g/mol. The normalized spacial score (nSPS) is 32.0. The van der Waals surface area contributed by atoms with Gasteiger partial charge in [-0.1, -0.05) is 0 Å². The molecular weight excluding hydrogens is 326 g/mol. The highest BCUT2D eigenvalue weighted by atomic mass is 16.5. The van der Waals surface area contributed by atoms with Crippen molar-refractivity contribution in [1.82, 2.24) is 10.2 Å². The summed E-state index contributed by atoms with van der Waals surface area (Å²) in [6.07, 6.45) is 2.60. The Labute approximate surface area is 156 Å². The fourth-order valence-electron chi connectivity index (χ4n) is 5.24. The Morgan fingerprint density at radius 2 is 1.96 bits per heavy atom. The van der Waals surface area contributed by atoms with Crippen molar-refractivity contribution in [3.05, 3.63) is 23.3 Å². The van der Waals surface area contributed by atoms with Crippen LogP contribution in [0.3, 0.4) is 0 Å². The molecule has 2 unspecified atom stereocenters. The number of carbonyl (C=O) groups is 1. The van der Waals surface area contributed by atoms with Gasteiger partial charge < -0.3 is 15.0 Å². The van der Waals surface area contributed by atoms with Crippen LogP contribution in [0.15, 0.2) is 12.1 Å². The van der Waals surface area contributed by atoms with Crippen LogP contribution < -0.4 is 15.0 Å². The zero-order valence-corrected chi connectivity index (χ0v) is 16.6. The molecule has 4 heterocycles. The van der Waals surface area contributed by atoms with E-state index < -0.39 is 5.41 Å². The Morgan fingerprint density at radius 1 is 1.27 bits per heavy atom. The van der Waals surface area contributed by atoms with Gasteiger partial charge in [0.1, 0.15) is 5.75 Å². The van der Waals surface area contributed by atoms with Crippen LogP contribution >= 0.6 is 0 Å². The lowest BCUT2D eigenvalue weighted by molar-refractivity contribution is -0.121. The van der Waals surface area contributed by atoms with Crippen LogP contribution in [0.4, 0.5) is 5.69 Å². The largest absolute Gasteiger partial charge is 0.496 e. The minimum absolute atomic E-state index is 0.144. The van der Waals surface area contributed by atoms with E-state index in [2.05, 4.69) is 23.2 Å². The first-order valence-corrected chi connectivity index (χ1v) is 9.81. The molecule has 0 spiro atoms. The molecule has 4 aliphatic heterocycles. The van der Waals surface area contributed by atoms with Gasteiger partial charge in [0.05, 0.1) is 18.2 Å². The van der Waals surface area contributed by atoms with Crippen LogP contribution in [0, 0.1) is 5.92 Å². The second kappa shape index (κ2) is 6.24. The van der Waals surface area contributed by atoms with Crippen LogP contribution in [-0.2, 0) is 16.8 Å². The van der Waals surface area contributed by atoms with Crippen LogP contribution in [-0.4, -0.2) is 50.1 Å². The topological polar surface area (TPSA) is 44.8 Å². The van der Waals surface area contributed by atoms with Crippen LogP contribution in [0.5, 0.6) is 5.75 Å². The molecule has 1 aromatic rings. The Bertz CT molecular complexity index is 720. The predicted octanol–water partition coefficient (Wildman–Crippen LogP) is 2.52. The van der Waals surface area contributed by atoms with E-state index in [1.807, 2.05) is 27.0 Å². The molecule has 26 heavy (non-hydrogen) atoms. The maximum atomic E-state index is 12.6. The molecule has 0 aromatic heterocycles. The minimum Gasteiger partial charge on any atom is -0.496 e. The summed E-state index contributed by atoms with van der Waals surface area (Å²) in [7, 11) is 3.56. The smallest absolute Gasteiger partial charge is 0.236 e. The highest BCUT2D eigenvalue weighted by Crippen LogP contribution is 2.44. The van der Waals surface area contributed by atoms with E-state index in [1.54, 1.807) is 12.0 Å². The van der Waals surface area contributed by atoms with Gasteiger partial charge >= 0.3 is 0 Å². The number of nitrogens with one attached hydrogen (secondary N) is 1. The number of rotatable bonds is 4. The third-order valence-corrected chi connectivity index (χ3v) is 6.98. The van der Waals surface area contributed by atoms with Gasteiger partial charge in [0.15, 0.2) is 0 Å². The maximum Gasteiger partial charge on any atom is 0.236 e. The second-order valence-corrected chi connectivity index (χ2v) is 8.69. The number of carbonyl (C=O) groups excluding carboxylic acids is 1. The summed E-state index contributed by atoms with van der Waals surface area (Å²) in [6, 6.07) is 5.33. The van der Waals surface area contributed by atoms with Gasteiger partial charge in [0.25, 0.3) is 0 Å². The average Bonchev–Trinajstić information content (AvgIpc) is 2.81. The maximum absolute atomic E-state index is 12.6. The van der Waals surface area contributed by atoms with Gasteiger partial charge in [-0.3, -0.25) is 9.69 Å². The number of likely N-dealkylation sites (N-methyl/N-ethyl adjacent to an activating group) is 1. The second-order valence-electron chi connectivity index (χ2n) is 8.69. The summed E-state index contributed by atoms with van der Waals surface area (Å²) in [4.78, 5) is 17.0. The van der Waals surface area contributed by atoms with E-state index in [4.69, 9.17) is 4.74 Å². The van der Waals surface area contributed by atoms with Gasteiger partial charge in [-0.2, -0.15) is 0 Å². The Balaban J connectivity index is 1.59. The standard InChI is InChI=1S/C21H31N3O2/c1-13-19(14-6-8-24(13)9-7-14)22-12-15-10-16-17(11-18(15)26-5)23(4)20(25)21(16,2)3/h10-11,13-14,19,22H,6-9,12H2,1-5H3. The number of fused-ring (bicyclic) bond motifs is 4. The number of hydrogen-bond acceptors (Lipinski definition) is 4. The molecule has 2 bridgehead atoms. The summed E-state index contributed by atoms with van der Waals surface area (Å²) >= 11 is 0. The average molecular weight is 357 g/mol. The van der Waals surface area contributed by atoms with E-state index in [1.165, 1.54) is 25.9 Å². The molecular formula is C21H31N3O2. The summed E-state index contributed by atoms with van der Waals surface area (Å²) in [5, 5.41) is 3.81. The molecule has 142 valence electrons. The van der Waals surface area contributed by atoms with Crippen molar-refractivity contribution in [1.29, 1.82) is 0 Å². The molecule has 1 N–H and O–H groups in total. The van der Waals surface area contributed by atoms with Crippen LogP contribution in [0.2, 0.25) is 0 Å². The molecule has 3 fully saturated rings. The Morgan fingerprint density at radius 3 is 2.58 bits per heavy atom. The highest BCUT2D eigenvalue weighted by Gasteiger charge is 2.43. The Hall–Kier alpha value is -1.59. The van der Waals surface area contributed by atoms with Crippen molar-refractivity contribution in [2.45, 2.75) is 57.7 Å². The lowest BCUT2D eigenvalue weighted by Crippen LogP contribution is -2.61. The number of nitrogens with zero attached hydrogens (tertiary/aromatic N) is 2. The zero-order chi connectivity index (χ0) is 18.6. The number of hydrogen-bond donors (Lipinski definition) is 1. The molecule has 1 amide bonds. The summed E-state index contributed by atoms with van der Waals surface area (Å²) < 4.78 is 5.66. The first-order valence-electron chi connectivity index (χ1n) is 9.81. The Kier molecular flexibility index (Phi) is 4.27. The van der Waals surface area contributed by atoms with Gasteiger partial charge in [-0.15, -0.1) is 0 Å². The lowest BCUT2D eigenvalue weighted by atomic mass is 9.79. The number of ether oxygens (including phenoxy) is 1. The quantitative estimate of drug-likeness (QED) is 0.899. The molecule has 3 saturated heterocycles. The molecule has 5 nitrogen and oxygen atoms in total. The fraction of sp³-hybridized carbons (Fsp3) is 0.667. The number of piperidine rings is 3. The fourth-order valence-corrected chi connectivity index (χ4v) is 5.24. The number of methoxy groups -OCH3 is 1. The third kappa shape index (κ3) is 2.55. The van der Waals surface area contributed by atoms with E-state index >= 15 is 0 Å². The van der Waals surface area contributed by atoms with E-state index in [9.17, 15) is 4.79 Å². The SMILES string of the molecule is COc1cc2c(cc1CNC1C3CCN(CC3)C1C)C(C)(C)C(=O)N2C. The van der Waals surface area contributed by atoms with Crippen molar-refractivity contribution in [3.63, 3.8) is 0 Å². The van der Waals surface area contributed by atoms with Crippen molar-refractivity contribution >= 4 is 11.6 Å². The number of anilines is 1. The molecule has 0 radical (unpaired) electrons. The van der Waals surface area contributed by atoms with Gasteiger partial charge in [-0.25, -0.2) is 0 Å². The highest BCUT2D eigenvalue weighted by molar-refractivity contribution is 6.07. The van der Waals surface area contributed by atoms with Crippen molar-refractivity contribution in [2.75, 3.05) is 32.1 Å². The summed E-state index contributed by atoms with van der Waals surface area (Å²) in [6.45, 7) is 9.64. The molecule has 2 atom stereocenters.